The third-order valence-corrected chi connectivity index (χ3v) is 4.52. The lowest BCUT2D eigenvalue weighted by molar-refractivity contribution is 0.0519. The van der Waals surface area contributed by atoms with Crippen molar-refractivity contribution in [3.8, 4) is 0 Å². The second-order valence-electron chi connectivity index (χ2n) is 2.86. The first kappa shape index (κ1) is 13.4. The summed E-state index contributed by atoms with van der Waals surface area (Å²) in [5, 5.41) is 8.27. The molecule has 0 aliphatic carbocycles. The normalized spacial score (nSPS) is 10.6. The molecule has 0 saturated heterocycles. The van der Waals surface area contributed by atoms with Crippen LogP contribution in [-0.4, -0.2) is 34.0 Å². The first-order valence-electron chi connectivity index (χ1n) is 4.91. The number of ether oxygens (including phenoxy) is 1. The van der Waals surface area contributed by atoms with Crippen LogP contribution in [0.25, 0.3) is 0 Å². The van der Waals surface area contributed by atoms with Gasteiger partial charge in [-0.3, -0.25) is 0 Å². The molecule has 0 radical (unpaired) electrons. The molecule has 96 valence electrons. The molecule has 0 bridgehead atoms. The summed E-state index contributed by atoms with van der Waals surface area (Å²) < 4.78 is 11.6. The van der Waals surface area contributed by atoms with Gasteiger partial charge in [-0.2, -0.15) is 4.98 Å². The average molecular weight is 303 g/mol. The fourth-order valence-corrected chi connectivity index (χ4v) is 3.25. The third kappa shape index (κ3) is 3.24. The summed E-state index contributed by atoms with van der Waals surface area (Å²) in [5.74, 6) is -0.491. The molecule has 0 N–H and O–H groups in total. The highest BCUT2D eigenvalue weighted by atomic mass is 32.2. The molecule has 0 aliphatic rings. The van der Waals surface area contributed by atoms with Crippen LogP contribution in [0.2, 0.25) is 0 Å². The standard InChI is InChI=1S/C9H9N3O3S3/c1-3-14-6(13)5-4-15-7(10-5)17-9-12-11-8(16-2)18-9/h4H,3H2,1-2H3. The fraction of sp³-hybridized carbons (Fsp3) is 0.333. The van der Waals surface area contributed by atoms with E-state index in [9.17, 15) is 4.79 Å². The number of carbonyl (C=O) groups excluding carboxylic acids is 1. The number of thioether (sulfide) groups is 1. The molecule has 0 saturated carbocycles. The Morgan fingerprint density at radius 3 is 2.94 bits per heavy atom. The van der Waals surface area contributed by atoms with Gasteiger partial charge in [0, 0.05) is 11.8 Å². The Hall–Kier alpha value is -1.06. The van der Waals surface area contributed by atoms with E-state index < -0.39 is 5.97 Å². The van der Waals surface area contributed by atoms with Crippen LogP contribution in [-0.2, 0) is 4.74 Å². The van der Waals surface area contributed by atoms with Crippen molar-refractivity contribution in [3.05, 3.63) is 12.0 Å². The molecule has 0 aliphatic heterocycles. The predicted octanol–water partition coefficient (Wildman–Crippen LogP) is 2.58. The van der Waals surface area contributed by atoms with E-state index in [1.54, 1.807) is 6.92 Å². The molecule has 0 atom stereocenters. The molecule has 0 amide bonds. The number of aromatic nitrogens is 3. The van der Waals surface area contributed by atoms with Gasteiger partial charge >= 0.3 is 5.97 Å². The van der Waals surface area contributed by atoms with E-state index in [1.807, 2.05) is 6.26 Å². The van der Waals surface area contributed by atoms with E-state index in [4.69, 9.17) is 9.15 Å². The highest BCUT2D eigenvalue weighted by Gasteiger charge is 2.15. The molecule has 2 heterocycles. The molecule has 0 fully saturated rings. The maximum atomic E-state index is 11.4. The van der Waals surface area contributed by atoms with Crippen LogP contribution in [0.4, 0.5) is 0 Å². The van der Waals surface area contributed by atoms with Crippen molar-refractivity contribution in [2.45, 2.75) is 20.8 Å². The largest absolute Gasteiger partial charge is 0.461 e. The Bertz CT molecular complexity index is 540. The minimum absolute atomic E-state index is 0.161. The fourth-order valence-electron chi connectivity index (χ4n) is 0.999. The van der Waals surface area contributed by atoms with Gasteiger partial charge in [0.15, 0.2) is 14.4 Å². The van der Waals surface area contributed by atoms with Crippen molar-refractivity contribution in [3.63, 3.8) is 0 Å². The van der Waals surface area contributed by atoms with Crippen molar-refractivity contribution in [2.24, 2.45) is 0 Å². The van der Waals surface area contributed by atoms with Gasteiger partial charge in [-0.1, -0.05) is 23.1 Å². The van der Waals surface area contributed by atoms with E-state index in [-0.39, 0.29) is 5.69 Å². The van der Waals surface area contributed by atoms with Crippen LogP contribution in [0.3, 0.4) is 0 Å². The molecule has 9 heteroatoms. The molecule has 2 rings (SSSR count). The van der Waals surface area contributed by atoms with Crippen LogP contribution in [0.5, 0.6) is 0 Å². The number of carbonyl (C=O) groups is 1. The van der Waals surface area contributed by atoms with Gasteiger partial charge in [0.05, 0.1) is 6.61 Å². The molecular formula is C9H9N3O3S3. The number of hydrogen-bond donors (Lipinski definition) is 0. The maximum absolute atomic E-state index is 11.4. The average Bonchev–Trinajstić information content (AvgIpc) is 2.99. The van der Waals surface area contributed by atoms with E-state index in [0.29, 0.717) is 11.8 Å². The summed E-state index contributed by atoms with van der Waals surface area (Å²) in [6.07, 6.45) is 3.20. The Morgan fingerprint density at radius 2 is 2.28 bits per heavy atom. The number of nitrogens with zero attached hydrogens (tertiary/aromatic N) is 3. The highest BCUT2D eigenvalue weighted by Crippen LogP contribution is 2.32. The van der Waals surface area contributed by atoms with E-state index >= 15 is 0 Å². The van der Waals surface area contributed by atoms with Gasteiger partial charge in [-0.15, -0.1) is 10.2 Å². The molecule has 0 aromatic carbocycles. The van der Waals surface area contributed by atoms with Crippen molar-refractivity contribution in [2.75, 3.05) is 12.9 Å². The lowest BCUT2D eigenvalue weighted by atomic mass is 10.5. The van der Waals surface area contributed by atoms with Crippen molar-refractivity contribution in [1.82, 2.24) is 15.2 Å². The minimum atomic E-state index is -0.491. The molecule has 2 aromatic heterocycles. The monoisotopic (exact) mass is 303 g/mol. The van der Waals surface area contributed by atoms with Crippen molar-refractivity contribution < 1.29 is 13.9 Å². The summed E-state index contributed by atoms with van der Waals surface area (Å²) >= 11 is 4.19. The number of rotatable bonds is 5. The van der Waals surface area contributed by atoms with Crippen LogP contribution in [0, 0.1) is 0 Å². The molecule has 18 heavy (non-hydrogen) atoms. The zero-order valence-electron chi connectivity index (χ0n) is 9.58. The van der Waals surface area contributed by atoms with Gasteiger partial charge in [0.25, 0.3) is 5.22 Å². The quantitative estimate of drug-likeness (QED) is 0.616. The summed E-state index contributed by atoms with van der Waals surface area (Å²) in [4.78, 5) is 15.4. The van der Waals surface area contributed by atoms with Gasteiger partial charge in [0.1, 0.15) is 6.26 Å². The Morgan fingerprint density at radius 1 is 1.50 bits per heavy atom. The SMILES string of the molecule is CCOC(=O)c1coc(Sc2nnc(SC)s2)n1. The Labute approximate surface area is 116 Å². The zero-order chi connectivity index (χ0) is 13.0. The van der Waals surface area contributed by atoms with E-state index in [2.05, 4.69) is 15.2 Å². The molecular weight excluding hydrogens is 294 g/mol. The van der Waals surface area contributed by atoms with E-state index in [0.717, 1.165) is 8.68 Å². The van der Waals surface area contributed by atoms with Crippen molar-refractivity contribution in [1.29, 1.82) is 0 Å². The Balaban J connectivity index is 2.04. The lowest BCUT2D eigenvalue weighted by Crippen LogP contribution is -2.04. The molecule has 0 unspecified atom stereocenters. The van der Waals surface area contributed by atoms with Crippen LogP contribution >= 0.6 is 34.9 Å². The second kappa shape index (κ2) is 6.21. The summed E-state index contributed by atoms with van der Waals surface area (Å²) in [7, 11) is 0. The number of oxazole rings is 1. The van der Waals surface area contributed by atoms with Gasteiger partial charge in [-0.25, -0.2) is 4.79 Å². The molecule has 6 nitrogen and oxygen atoms in total. The first-order chi connectivity index (χ1) is 8.72. The van der Waals surface area contributed by atoms with Crippen LogP contribution in [0.15, 0.2) is 24.6 Å². The Kier molecular flexibility index (Phi) is 4.61. The van der Waals surface area contributed by atoms with Gasteiger partial charge in [0.2, 0.25) is 0 Å². The smallest absolute Gasteiger partial charge is 0.360 e. The lowest BCUT2D eigenvalue weighted by Gasteiger charge is -1.94. The highest BCUT2D eigenvalue weighted by molar-refractivity contribution is 8.02. The molecule has 2 aromatic rings. The van der Waals surface area contributed by atoms with E-state index in [1.165, 1.54) is 41.1 Å². The number of esters is 1. The number of hydrogen-bond acceptors (Lipinski definition) is 9. The predicted molar refractivity (Wildman–Crippen MR) is 68.3 cm³/mol. The maximum Gasteiger partial charge on any atom is 0.360 e. The van der Waals surface area contributed by atoms with Crippen molar-refractivity contribution >= 4 is 40.8 Å². The second-order valence-corrected chi connectivity index (χ2v) is 6.09. The summed E-state index contributed by atoms with van der Waals surface area (Å²) in [6, 6.07) is 0. The van der Waals surface area contributed by atoms with Crippen LogP contribution < -0.4 is 0 Å². The summed E-state index contributed by atoms with van der Waals surface area (Å²) in [6.45, 7) is 2.04. The zero-order valence-corrected chi connectivity index (χ0v) is 12.0. The topological polar surface area (TPSA) is 78.1 Å². The van der Waals surface area contributed by atoms with Crippen LogP contribution in [0.1, 0.15) is 17.4 Å². The molecule has 0 spiro atoms. The van der Waals surface area contributed by atoms with Gasteiger partial charge < -0.3 is 9.15 Å². The third-order valence-electron chi connectivity index (χ3n) is 1.70. The first-order valence-corrected chi connectivity index (χ1v) is 7.76. The summed E-state index contributed by atoms with van der Waals surface area (Å²) in [5.41, 5.74) is 0.161. The van der Waals surface area contributed by atoms with Gasteiger partial charge in [-0.05, 0) is 13.2 Å². The minimum Gasteiger partial charge on any atom is -0.461 e.